The number of hydrogen-bond donors (Lipinski definition) is 1. The molecule has 0 amide bonds. The molecule has 19 heavy (non-hydrogen) atoms. The van der Waals surface area contributed by atoms with Crippen molar-refractivity contribution in [2.24, 2.45) is 0 Å². The van der Waals surface area contributed by atoms with Gasteiger partial charge < -0.3 is 4.74 Å². The Kier molecular flexibility index (Phi) is 3.82. The lowest BCUT2D eigenvalue weighted by atomic mass is 10.1. The number of rotatable bonds is 4. The van der Waals surface area contributed by atoms with Gasteiger partial charge in [0.25, 0.3) is 10.0 Å². The van der Waals surface area contributed by atoms with E-state index in [1.165, 1.54) is 18.4 Å². The van der Waals surface area contributed by atoms with E-state index >= 15 is 0 Å². The molecule has 6 heteroatoms. The predicted molar refractivity (Wildman–Crippen MR) is 77.6 cm³/mol. The number of anilines is 1. The molecule has 0 radical (unpaired) electrons. The van der Waals surface area contributed by atoms with Gasteiger partial charge in [0, 0.05) is 0 Å². The average molecular weight is 297 g/mol. The number of hydrogen-bond acceptors (Lipinski definition) is 4. The minimum Gasteiger partial charge on any atom is -0.495 e. The van der Waals surface area contributed by atoms with E-state index in [9.17, 15) is 8.42 Å². The van der Waals surface area contributed by atoms with Crippen LogP contribution in [0.25, 0.3) is 0 Å². The number of sulfonamides is 1. The van der Waals surface area contributed by atoms with E-state index in [-0.39, 0.29) is 4.21 Å². The van der Waals surface area contributed by atoms with Gasteiger partial charge in [-0.05, 0) is 42.5 Å². The van der Waals surface area contributed by atoms with Crippen molar-refractivity contribution >= 4 is 27.0 Å². The van der Waals surface area contributed by atoms with Gasteiger partial charge in [0.15, 0.2) is 0 Å². The summed E-state index contributed by atoms with van der Waals surface area (Å²) in [7, 11) is -2.02. The maximum atomic E-state index is 12.2. The summed E-state index contributed by atoms with van der Waals surface area (Å²) in [4.78, 5) is 0. The van der Waals surface area contributed by atoms with E-state index in [1.54, 1.807) is 23.6 Å². The first kappa shape index (κ1) is 13.9. The Labute approximate surface area is 117 Å². The summed E-state index contributed by atoms with van der Waals surface area (Å²) in [5, 5.41) is 1.73. The lowest BCUT2D eigenvalue weighted by molar-refractivity contribution is 0.416. The summed E-state index contributed by atoms with van der Waals surface area (Å²) in [6.45, 7) is 3.79. The van der Waals surface area contributed by atoms with Crippen molar-refractivity contribution < 1.29 is 13.2 Å². The second-order valence-corrected chi connectivity index (χ2v) is 7.05. The standard InChI is InChI=1S/C13H15NO3S2/c1-9-7-10(2)13(11(8-9)17-3)14-19(15,16)12-5-4-6-18-12/h4-8,14H,1-3H3. The smallest absolute Gasteiger partial charge is 0.271 e. The Balaban J connectivity index is 2.45. The molecule has 2 aromatic rings. The lowest BCUT2D eigenvalue weighted by Crippen LogP contribution is -2.13. The van der Waals surface area contributed by atoms with Crippen LogP contribution in [0.5, 0.6) is 5.75 Å². The van der Waals surface area contributed by atoms with Gasteiger partial charge in [0.2, 0.25) is 0 Å². The van der Waals surface area contributed by atoms with E-state index in [0.717, 1.165) is 11.1 Å². The first-order valence-corrected chi connectivity index (χ1v) is 8.02. The Morgan fingerprint density at radius 3 is 2.58 bits per heavy atom. The fourth-order valence-corrected chi connectivity index (χ4v) is 3.96. The van der Waals surface area contributed by atoms with E-state index in [4.69, 9.17) is 4.74 Å². The molecule has 0 aliphatic rings. The molecule has 0 saturated carbocycles. The molecule has 0 spiro atoms. The van der Waals surface area contributed by atoms with Gasteiger partial charge in [-0.25, -0.2) is 8.42 Å². The van der Waals surface area contributed by atoms with Crippen molar-refractivity contribution in [3.8, 4) is 5.75 Å². The van der Waals surface area contributed by atoms with Gasteiger partial charge in [-0.3, -0.25) is 4.72 Å². The molecular weight excluding hydrogens is 282 g/mol. The summed E-state index contributed by atoms with van der Waals surface area (Å²) >= 11 is 1.18. The summed E-state index contributed by atoms with van der Waals surface area (Å²) < 4.78 is 32.6. The molecule has 1 N–H and O–H groups in total. The zero-order valence-corrected chi connectivity index (χ0v) is 12.6. The van der Waals surface area contributed by atoms with Crippen LogP contribution < -0.4 is 9.46 Å². The summed E-state index contributed by atoms with van der Waals surface area (Å²) in [5.41, 5.74) is 2.34. The molecule has 0 bridgehead atoms. The van der Waals surface area contributed by atoms with E-state index in [2.05, 4.69) is 4.72 Å². The Morgan fingerprint density at radius 1 is 1.26 bits per heavy atom. The van der Waals surface area contributed by atoms with Gasteiger partial charge in [-0.2, -0.15) is 0 Å². The van der Waals surface area contributed by atoms with Crippen molar-refractivity contribution in [1.82, 2.24) is 0 Å². The molecule has 0 aliphatic carbocycles. The Bertz CT molecular complexity index is 676. The molecule has 2 rings (SSSR count). The number of ether oxygens (including phenoxy) is 1. The van der Waals surface area contributed by atoms with E-state index < -0.39 is 10.0 Å². The normalized spacial score (nSPS) is 11.3. The minimum absolute atomic E-state index is 0.287. The molecule has 102 valence electrons. The summed E-state index contributed by atoms with van der Waals surface area (Å²) in [6.07, 6.45) is 0. The van der Waals surface area contributed by atoms with Crippen molar-refractivity contribution in [2.75, 3.05) is 11.8 Å². The molecule has 0 aliphatic heterocycles. The van der Waals surface area contributed by atoms with Gasteiger partial charge in [-0.15, -0.1) is 11.3 Å². The maximum absolute atomic E-state index is 12.2. The number of nitrogens with one attached hydrogen (secondary N) is 1. The van der Waals surface area contributed by atoms with Crippen molar-refractivity contribution in [3.63, 3.8) is 0 Å². The van der Waals surface area contributed by atoms with Crippen molar-refractivity contribution in [1.29, 1.82) is 0 Å². The quantitative estimate of drug-likeness (QED) is 0.943. The highest BCUT2D eigenvalue weighted by Crippen LogP contribution is 2.32. The second-order valence-electron chi connectivity index (χ2n) is 4.20. The highest BCUT2D eigenvalue weighted by Gasteiger charge is 2.19. The van der Waals surface area contributed by atoms with Crippen molar-refractivity contribution in [3.05, 3.63) is 40.8 Å². The van der Waals surface area contributed by atoms with Gasteiger partial charge in [0.1, 0.15) is 9.96 Å². The molecule has 1 aromatic heterocycles. The molecule has 0 unspecified atom stereocenters. The number of methoxy groups -OCH3 is 1. The third-order valence-corrected chi connectivity index (χ3v) is 5.41. The third-order valence-electron chi connectivity index (χ3n) is 2.66. The molecule has 0 atom stereocenters. The minimum atomic E-state index is -3.55. The summed E-state index contributed by atoms with van der Waals surface area (Å²) in [5.74, 6) is 0.526. The van der Waals surface area contributed by atoms with Crippen LogP contribution in [0.15, 0.2) is 33.9 Å². The van der Waals surface area contributed by atoms with Crippen LogP contribution in [0.1, 0.15) is 11.1 Å². The Morgan fingerprint density at radius 2 is 2.00 bits per heavy atom. The molecule has 4 nitrogen and oxygen atoms in total. The number of benzene rings is 1. The Hall–Kier alpha value is -1.53. The van der Waals surface area contributed by atoms with Crippen LogP contribution in [0.4, 0.5) is 5.69 Å². The molecule has 1 aromatic carbocycles. The first-order chi connectivity index (χ1) is 8.94. The van der Waals surface area contributed by atoms with Crippen LogP contribution in [-0.2, 0) is 10.0 Å². The van der Waals surface area contributed by atoms with Gasteiger partial charge in [0.05, 0.1) is 12.8 Å². The zero-order valence-electron chi connectivity index (χ0n) is 10.9. The molecule has 1 heterocycles. The maximum Gasteiger partial charge on any atom is 0.271 e. The fourth-order valence-electron chi connectivity index (χ4n) is 1.82. The van der Waals surface area contributed by atoms with Crippen LogP contribution >= 0.6 is 11.3 Å². The van der Waals surface area contributed by atoms with Crippen molar-refractivity contribution in [2.45, 2.75) is 18.1 Å². The largest absolute Gasteiger partial charge is 0.495 e. The van der Waals surface area contributed by atoms with Gasteiger partial charge in [-0.1, -0.05) is 12.1 Å². The molecule has 0 saturated heterocycles. The van der Waals surface area contributed by atoms with Crippen LogP contribution in [-0.4, -0.2) is 15.5 Å². The highest BCUT2D eigenvalue weighted by atomic mass is 32.2. The third kappa shape index (κ3) is 2.90. The topological polar surface area (TPSA) is 55.4 Å². The van der Waals surface area contributed by atoms with E-state index in [0.29, 0.717) is 11.4 Å². The van der Waals surface area contributed by atoms with Gasteiger partial charge >= 0.3 is 0 Å². The average Bonchev–Trinajstić information content (AvgIpc) is 2.86. The van der Waals surface area contributed by atoms with Crippen LogP contribution in [0.2, 0.25) is 0 Å². The summed E-state index contributed by atoms with van der Waals surface area (Å²) in [6, 6.07) is 7.00. The number of thiophene rings is 1. The highest BCUT2D eigenvalue weighted by molar-refractivity contribution is 7.94. The first-order valence-electron chi connectivity index (χ1n) is 5.65. The SMILES string of the molecule is COc1cc(C)cc(C)c1NS(=O)(=O)c1cccs1. The predicted octanol–water partition coefficient (Wildman–Crippen LogP) is 3.17. The van der Waals surface area contributed by atoms with Crippen LogP contribution in [0, 0.1) is 13.8 Å². The molecule has 0 fully saturated rings. The van der Waals surface area contributed by atoms with Crippen LogP contribution in [0.3, 0.4) is 0 Å². The van der Waals surface area contributed by atoms with E-state index in [1.807, 2.05) is 19.9 Å². The zero-order chi connectivity index (χ0) is 14.0. The lowest BCUT2D eigenvalue weighted by Gasteiger charge is -2.14. The monoisotopic (exact) mass is 297 g/mol. The fraction of sp³-hybridized carbons (Fsp3) is 0.231. The molecular formula is C13H15NO3S2. The second kappa shape index (κ2) is 5.22. The number of aryl methyl sites for hydroxylation is 2.